The molecule has 0 aliphatic heterocycles. The van der Waals surface area contributed by atoms with Crippen molar-refractivity contribution in [2.45, 2.75) is 12.8 Å². The summed E-state index contributed by atoms with van der Waals surface area (Å²) in [6, 6.07) is 10.7. The average molecular weight is 274 g/mol. The minimum Gasteiger partial charge on any atom is -0.506 e. The number of aromatic hydroxyl groups is 1. The maximum atomic E-state index is 11.6. The number of benzene rings is 2. The van der Waals surface area contributed by atoms with Crippen LogP contribution in [0.25, 0.3) is 10.8 Å². The summed E-state index contributed by atoms with van der Waals surface area (Å²) in [5.74, 6) is -1.09. The number of hydrogen-bond acceptors (Lipinski definition) is 4. The van der Waals surface area contributed by atoms with E-state index in [4.69, 9.17) is 5.21 Å². The second-order valence-electron chi connectivity index (χ2n) is 4.30. The van der Waals surface area contributed by atoms with Crippen molar-refractivity contribution < 1.29 is 19.9 Å². The second-order valence-corrected chi connectivity index (χ2v) is 4.30. The molecule has 4 N–H and O–H groups in total. The summed E-state index contributed by atoms with van der Waals surface area (Å²) in [7, 11) is 0. The number of amides is 2. The Morgan fingerprint density at radius 3 is 2.25 bits per heavy atom. The second kappa shape index (κ2) is 6.03. The van der Waals surface area contributed by atoms with E-state index in [1.165, 1.54) is 5.48 Å². The van der Waals surface area contributed by atoms with Gasteiger partial charge < -0.3 is 10.4 Å². The van der Waals surface area contributed by atoms with Crippen LogP contribution in [0.15, 0.2) is 36.4 Å². The van der Waals surface area contributed by atoms with E-state index < -0.39 is 11.8 Å². The Kier molecular flexibility index (Phi) is 4.17. The van der Waals surface area contributed by atoms with Crippen LogP contribution in [0.5, 0.6) is 5.75 Å². The summed E-state index contributed by atoms with van der Waals surface area (Å²) in [4.78, 5) is 22.5. The fourth-order valence-corrected chi connectivity index (χ4v) is 1.82. The van der Waals surface area contributed by atoms with Crippen molar-refractivity contribution in [3.63, 3.8) is 0 Å². The minimum absolute atomic E-state index is 0.0383. The summed E-state index contributed by atoms with van der Waals surface area (Å²) in [5, 5.41) is 22.5. The van der Waals surface area contributed by atoms with Gasteiger partial charge >= 0.3 is 0 Å². The smallest absolute Gasteiger partial charge is 0.243 e. The lowest BCUT2D eigenvalue weighted by molar-refractivity contribution is -0.131. The van der Waals surface area contributed by atoms with E-state index in [9.17, 15) is 14.7 Å². The third-order valence-electron chi connectivity index (χ3n) is 2.84. The monoisotopic (exact) mass is 274 g/mol. The number of hydrogen-bond donors (Lipinski definition) is 4. The number of fused-ring (bicyclic) bond motifs is 1. The number of rotatable bonds is 4. The van der Waals surface area contributed by atoms with Gasteiger partial charge in [-0.3, -0.25) is 14.8 Å². The van der Waals surface area contributed by atoms with Crippen LogP contribution in [-0.4, -0.2) is 22.1 Å². The third kappa shape index (κ3) is 3.24. The van der Waals surface area contributed by atoms with E-state index in [-0.39, 0.29) is 24.3 Å². The molecule has 2 aromatic carbocycles. The summed E-state index contributed by atoms with van der Waals surface area (Å²) in [5.41, 5.74) is 1.74. The fraction of sp³-hybridized carbons (Fsp3) is 0.143. The van der Waals surface area contributed by atoms with Crippen molar-refractivity contribution in [2.24, 2.45) is 0 Å². The first kappa shape index (κ1) is 13.8. The standard InChI is InChI=1S/C14H14N2O4/c17-12-8-10-4-2-1-3-9(10)7-11(12)15-13(18)5-6-14(19)16-20/h1-4,7-8,17,20H,5-6H2,(H,15,18)(H,16,19). The molecule has 2 rings (SSSR count). The predicted molar refractivity (Wildman–Crippen MR) is 73.4 cm³/mol. The summed E-state index contributed by atoms with van der Waals surface area (Å²) >= 11 is 0. The average Bonchev–Trinajstić information content (AvgIpc) is 2.45. The largest absolute Gasteiger partial charge is 0.506 e. The van der Waals surface area contributed by atoms with E-state index in [0.717, 1.165) is 10.8 Å². The molecule has 0 atom stereocenters. The molecule has 2 amide bonds. The Hall–Kier alpha value is -2.60. The van der Waals surface area contributed by atoms with Gasteiger partial charge in [-0.1, -0.05) is 24.3 Å². The van der Waals surface area contributed by atoms with Crippen LogP contribution in [0.3, 0.4) is 0 Å². The van der Waals surface area contributed by atoms with E-state index in [1.54, 1.807) is 12.1 Å². The maximum absolute atomic E-state index is 11.6. The van der Waals surface area contributed by atoms with Gasteiger partial charge in [0, 0.05) is 12.8 Å². The molecule has 0 aliphatic carbocycles. The van der Waals surface area contributed by atoms with Gasteiger partial charge in [0.2, 0.25) is 11.8 Å². The van der Waals surface area contributed by atoms with Crippen LogP contribution in [0, 0.1) is 0 Å². The SMILES string of the molecule is O=C(CCC(=O)Nc1cc2ccccc2cc1O)NO. The maximum Gasteiger partial charge on any atom is 0.243 e. The zero-order valence-electron chi connectivity index (χ0n) is 10.6. The molecule has 20 heavy (non-hydrogen) atoms. The van der Waals surface area contributed by atoms with Crippen LogP contribution < -0.4 is 10.8 Å². The highest BCUT2D eigenvalue weighted by Crippen LogP contribution is 2.29. The molecular weight excluding hydrogens is 260 g/mol. The van der Waals surface area contributed by atoms with Gasteiger partial charge in [-0.05, 0) is 22.9 Å². The van der Waals surface area contributed by atoms with Crippen LogP contribution in [0.4, 0.5) is 5.69 Å². The molecule has 6 heteroatoms. The van der Waals surface area contributed by atoms with Gasteiger partial charge in [0.25, 0.3) is 0 Å². The molecular formula is C14H14N2O4. The van der Waals surface area contributed by atoms with Crippen molar-refractivity contribution in [1.82, 2.24) is 5.48 Å². The molecule has 0 aliphatic rings. The first-order valence-electron chi connectivity index (χ1n) is 6.04. The van der Waals surface area contributed by atoms with Crippen molar-refractivity contribution in [3.8, 4) is 5.75 Å². The molecule has 0 saturated heterocycles. The lowest BCUT2D eigenvalue weighted by Gasteiger charge is -2.08. The number of hydroxylamine groups is 1. The number of phenolic OH excluding ortho intramolecular Hbond substituents is 1. The summed E-state index contributed by atoms with van der Waals surface area (Å²) in [6.07, 6.45) is -0.213. The van der Waals surface area contributed by atoms with Gasteiger partial charge in [0.05, 0.1) is 5.69 Å². The molecule has 0 fully saturated rings. The van der Waals surface area contributed by atoms with Gasteiger partial charge in [0.15, 0.2) is 0 Å². The van der Waals surface area contributed by atoms with Gasteiger partial charge in [-0.15, -0.1) is 0 Å². The predicted octanol–water partition coefficient (Wildman–Crippen LogP) is 1.77. The Morgan fingerprint density at radius 1 is 1.00 bits per heavy atom. The molecule has 0 unspecified atom stereocenters. The lowest BCUT2D eigenvalue weighted by Crippen LogP contribution is -2.21. The molecule has 0 spiro atoms. The van der Waals surface area contributed by atoms with E-state index >= 15 is 0 Å². The third-order valence-corrected chi connectivity index (χ3v) is 2.84. The van der Waals surface area contributed by atoms with Crippen LogP contribution >= 0.6 is 0 Å². The summed E-state index contributed by atoms with van der Waals surface area (Å²) < 4.78 is 0. The van der Waals surface area contributed by atoms with E-state index in [1.807, 2.05) is 24.3 Å². The minimum atomic E-state index is -0.636. The highest BCUT2D eigenvalue weighted by atomic mass is 16.5. The molecule has 2 aromatic rings. The molecule has 0 saturated carbocycles. The number of phenols is 1. The van der Waals surface area contributed by atoms with Gasteiger partial charge in [0.1, 0.15) is 5.75 Å². The number of carbonyl (C=O) groups excluding carboxylic acids is 2. The molecule has 0 heterocycles. The zero-order chi connectivity index (χ0) is 14.5. The molecule has 0 radical (unpaired) electrons. The first-order chi connectivity index (χ1) is 9.60. The molecule has 0 bridgehead atoms. The van der Waals surface area contributed by atoms with Crippen molar-refractivity contribution in [1.29, 1.82) is 0 Å². The molecule has 6 nitrogen and oxygen atoms in total. The zero-order valence-corrected chi connectivity index (χ0v) is 10.6. The van der Waals surface area contributed by atoms with E-state index in [2.05, 4.69) is 5.32 Å². The topological polar surface area (TPSA) is 98.7 Å². The highest BCUT2D eigenvalue weighted by molar-refractivity contribution is 5.97. The molecule has 104 valence electrons. The van der Waals surface area contributed by atoms with Gasteiger partial charge in [-0.25, -0.2) is 5.48 Å². The van der Waals surface area contributed by atoms with Crippen LogP contribution in [0.2, 0.25) is 0 Å². The van der Waals surface area contributed by atoms with E-state index in [0.29, 0.717) is 0 Å². The lowest BCUT2D eigenvalue weighted by atomic mass is 10.1. The van der Waals surface area contributed by atoms with Crippen molar-refractivity contribution in [2.75, 3.05) is 5.32 Å². The Bertz CT molecular complexity index is 655. The van der Waals surface area contributed by atoms with Crippen LogP contribution in [-0.2, 0) is 9.59 Å². The van der Waals surface area contributed by atoms with Crippen molar-refractivity contribution >= 4 is 28.3 Å². The normalized spacial score (nSPS) is 10.2. The van der Waals surface area contributed by atoms with Crippen LogP contribution in [0.1, 0.15) is 12.8 Å². The quantitative estimate of drug-likeness (QED) is 0.388. The Labute approximate surface area is 115 Å². The highest BCUT2D eigenvalue weighted by Gasteiger charge is 2.10. The van der Waals surface area contributed by atoms with Crippen molar-refractivity contribution in [3.05, 3.63) is 36.4 Å². The Morgan fingerprint density at radius 2 is 1.60 bits per heavy atom. The number of carbonyl (C=O) groups is 2. The molecule has 0 aromatic heterocycles. The number of nitrogens with one attached hydrogen (secondary N) is 2. The van der Waals surface area contributed by atoms with Gasteiger partial charge in [-0.2, -0.15) is 0 Å². The number of anilines is 1. The summed E-state index contributed by atoms with van der Waals surface area (Å²) in [6.45, 7) is 0. The fourth-order valence-electron chi connectivity index (χ4n) is 1.82. The first-order valence-corrected chi connectivity index (χ1v) is 6.04. The Balaban J connectivity index is 2.11.